The summed E-state index contributed by atoms with van der Waals surface area (Å²) in [6.45, 7) is 6.68. The van der Waals surface area contributed by atoms with E-state index in [1.165, 1.54) is 12.8 Å². The van der Waals surface area contributed by atoms with Gasteiger partial charge in [0.25, 0.3) is 0 Å². The van der Waals surface area contributed by atoms with Crippen LogP contribution < -0.4 is 0 Å². The van der Waals surface area contributed by atoms with Gasteiger partial charge in [-0.3, -0.25) is 0 Å². The normalized spacial score (nSPS) is 25.6. The first-order chi connectivity index (χ1) is 9.47. The van der Waals surface area contributed by atoms with Gasteiger partial charge in [0.15, 0.2) is 0 Å². The zero-order chi connectivity index (χ0) is 14.7. The Morgan fingerprint density at radius 2 is 2.20 bits per heavy atom. The predicted octanol–water partition coefficient (Wildman–Crippen LogP) is 4.65. The summed E-state index contributed by atoms with van der Waals surface area (Å²) in [5.41, 5.74) is 0.827. The summed E-state index contributed by atoms with van der Waals surface area (Å²) in [5, 5.41) is 11.0. The van der Waals surface area contributed by atoms with Crippen LogP contribution in [-0.4, -0.2) is 29.1 Å². The van der Waals surface area contributed by atoms with Crippen molar-refractivity contribution in [3.8, 4) is 0 Å². The van der Waals surface area contributed by atoms with Crippen molar-refractivity contribution >= 4 is 27.5 Å². The molecular formula is C16H23BrClNO. The van der Waals surface area contributed by atoms with E-state index >= 15 is 0 Å². The quantitative estimate of drug-likeness (QED) is 0.845. The highest BCUT2D eigenvalue weighted by molar-refractivity contribution is 9.10. The molecule has 1 aliphatic heterocycles. The zero-order valence-corrected chi connectivity index (χ0v) is 14.5. The number of aliphatic hydroxyl groups is 1. The Balaban J connectivity index is 1.90. The Labute approximate surface area is 135 Å². The van der Waals surface area contributed by atoms with Crippen molar-refractivity contribution < 1.29 is 5.11 Å². The highest BCUT2D eigenvalue weighted by Gasteiger charge is 2.23. The first-order valence-corrected chi connectivity index (χ1v) is 8.51. The summed E-state index contributed by atoms with van der Waals surface area (Å²) in [5.74, 6) is 0.826. The van der Waals surface area contributed by atoms with Crippen molar-refractivity contribution in [3.63, 3.8) is 0 Å². The number of piperidine rings is 1. The van der Waals surface area contributed by atoms with Crippen molar-refractivity contribution in [2.75, 3.05) is 13.1 Å². The second-order valence-electron chi connectivity index (χ2n) is 5.98. The third-order valence-corrected chi connectivity index (χ3v) is 5.11. The molecule has 1 fully saturated rings. The van der Waals surface area contributed by atoms with Gasteiger partial charge in [0.05, 0.1) is 6.10 Å². The molecular weight excluding hydrogens is 338 g/mol. The number of aliphatic hydroxyl groups excluding tert-OH is 1. The summed E-state index contributed by atoms with van der Waals surface area (Å²) in [7, 11) is 0. The highest BCUT2D eigenvalue weighted by atomic mass is 79.9. The standard InChI is InChI=1S/C16H23BrClNO/c1-11-5-7-19(12(2)9-11)8-6-16(20)14-4-3-13(17)10-15(14)18/h3-4,10-12,16,20H,5-9H2,1-2H3. The average Bonchev–Trinajstić information content (AvgIpc) is 2.37. The van der Waals surface area contributed by atoms with Crippen molar-refractivity contribution in [3.05, 3.63) is 33.3 Å². The maximum Gasteiger partial charge on any atom is 0.0816 e. The van der Waals surface area contributed by atoms with E-state index in [0.29, 0.717) is 11.1 Å². The molecule has 1 heterocycles. The molecule has 0 saturated carbocycles. The van der Waals surface area contributed by atoms with Gasteiger partial charge in [0.1, 0.15) is 0 Å². The minimum atomic E-state index is -0.484. The molecule has 2 rings (SSSR count). The van der Waals surface area contributed by atoms with Crippen LogP contribution in [0, 0.1) is 5.92 Å². The topological polar surface area (TPSA) is 23.5 Å². The molecule has 0 amide bonds. The third kappa shape index (κ3) is 4.20. The van der Waals surface area contributed by atoms with Crippen molar-refractivity contribution in [2.24, 2.45) is 5.92 Å². The molecule has 2 nitrogen and oxygen atoms in total. The minimum absolute atomic E-state index is 0.484. The van der Waals surface area contributed by atoms with E-state index < -0.39 is 6.10 Å². The van der Waals surface area contributed by atoms with Gasteiger partial charge in [0.2, 0.25) is 0 Å². The zero-order valence-electron chi connectivity index (χ0n) is 12.1. The second kappa shape index (κ2) is 7.26. The number of nitrogens with zero attached hydrogens (tertiary/aromatic N) is 1. The Kier molecular flexibility index (Phi) is 5.91. The molecule has 20 heavy (non-hydrogen) atoms. The lowest BCUT2D eigenvalue weighted by Crippen LogP contribution is -2.41. The highest BCUT2D eigenvalue weighted by Crippen LogP contribution is 2.29. The van der Waals surface area contributed by atoms with E-state index in [1.54, 1.807) is 0 Å². The molecule has 0 spiro atoms. The largest absolute Gasteiger partial charge is 0.388 e. The molecule has 0 bridgehead atoms. The van der Waals surface area contributed by atoms with Gasteiger partial charge in [-0.25, -0.2) is 0 Å². The molecule has 0 aliphatic carbocycles. The number of likely N-dealkylation sites (tertiary alicyclic amines) is 1. The molecule has 1 aromatic carbocycles. The van der Waals surface area contributed by atoms with Gasteiger partial charge < -0.3 is 10.0 Å². The van der Waals surface area contributed by atoms with E-state index in [2.05, 4.69) is 34.7 Å². The van der Waals surface area contributed by atoms with Gasteiger partial charge in [-0.1, -0.05) is 40.5 Å². The molecule has 3 atom stereocenters. The summed E-state index contributed by atoms with van der Waals surface area (Å²) in [4.78, 5) is 2.48. The Hall–Kier alpha value is -0.0900. The smallest absolute Gasteiger partial charge is 0.0816 e. The molecule has 0 aromatic heterocycles. The maximum absolute atomic E-state index is 10.3. The molecule has 1 aromatic rings. The number of hydrogen-bond donors (Lipinski definition) is 1. The fraction of sp³-hybridized carbons (Fsp3) is 0.625. The van der Waals surface area contributed by atoms with Gasteiger partial charge in [-0.2, -0.15) is 0 Å². The first kappa shape index (κ1) is 16.3. The molecule has 112 valence electrons. The maximum atomic E-state index is 10.3. The van der Waals surface area contributed by atoms with Crippen LogP contribution in [0.4, 0.5) is 0 Å². The summed E-state index contributed by atoms with van der Waals surface area (Å²) < 4.78 is 0.942. The van der Waals surface area contributed by atoms with E-state index in [4.69, 9.17) is 11.6 Å². The van der Waals surface area contributed by atoms with E-state index in [0.717, 1.165) is 35.5 Å². The number of halogens is 2. The second-order valence-corrected chi connectivity index (χ2v) is 7.31. The van der Waals surface area contributed by atoms with Gasteiger partial charge in [-0.05, 0) is 56.3 Å². The van der Waals surface area contributed by atoms with Crippen LogP contribution in [0.3, 0.4) is 0 Å². The first-order valence-electron chi connectivity index (χ1n) is 7.34. The third-order valence-electron chi connectivity index (χ3n) is 4.29. The van der Waals surface area contributed by atoms with Crippen molar-refractivity contribution in [2.45, 2.75) is 45.3 Å². The molecule has 4 heteroatoms. The molecule has 1 aliphatic rings. The van der Waals surface area contributed by atoms with Crippen LogP contribution in [0.25, 0.3) is 0 Å². The van der Waals surface area contributed by atoms with Crippen LogP contribution in [0.15, 0.2) is 22.7 Å². The number of rotatable bonds is 4. The summed E-state index contributed by atoms with van der Waals surface area (Å²) in [6, 6.07) is 6.28. The molecule has 0 radical (unpaired) electrons. The Bertz CT molecular complexity index is 454. The SMILES string of the molecule is CC1CCN(CCC(O)c2ccc(Br)cc2Cl)C(C)C1. The summed E-state index contributed by atoms with van der Waals surface area (Å²) in [6.07, 6.45) is 2.77. The predicted molar refractivity (Wildman–Crippen MR) is 88.2 cm³/mol. The molecule has 3 unspecified atom stereocenters. The average molecular weight is 361 g/mol. The fourth-order valence-electron chi connectivity index (χ4n) is 3.00. The lowest BCUT2D eigenvalue weighted by Gasteiger charge is -2.36. The fourth-order valence-corrected chi connectivity index (χ4v) is 3.80. The number of hydrogen-bond acceptors (Lipinski definition) is 2. The Morgan fingerprint density at radius 3 is 2.85 bits per heavy atom. The summed E-state index contributed by atoms with van der Waals surface area (Å²) >= 11 is 9.58. The van der Waals surface area contributed by atoms with Crippen LogP contribution in [0.1, 0.15) is 44.8 Å². The van der Waals surface area contributed by atoms with Gasteiger partial charge in [-0.15, -0.1) is 0 Å². The van der Waals surface area contributed by atoms with Crippen molar-refractivity contribution in [1.82, 2.24) is 4.90 Å². The number of benzene rings is 1. The van der Waals surface area contributed by atoms with Crippen LogP contribution in [0.2, 0.25) is 5.02 Å². The molecule has 1 saturated heterocycles. The lowest BCUT2D eigenvalue weighted by molar-refractivity contribution is 0.0942. The van der Waals surface area contributed by atoms with Crippen molar-refractivity contribution in [1.29, 1.82) is 0 Å². The van der Waals surface area contributed by atoms with E-state index in [9.17, 15) is 5.11 Å². The van der Waals surface area contributed by atoms with Crippen LogP contribution in [0.5, 0.6) is 0 Å². The Morgan fingerprint density at radius 1 is 1.45 bits per heavy atom. The lowest BCUT2D eigenvalue weighted by atomic mass is 9.93. The van der Waals surface area contributed by atoms with Crippen LogP contribution in [-0.2, 0) is 0 Å². The van der Waals surface area contributed by atoms with E-state index in [1.807, 2.05) is 18.2 Å². The molecule has 1 N–H and O–H groups in total. The van der Waals surface area contributed by atoms with E-state index in [-0.39, 0.29) is 0 Å². The minimum Gasteiger partial charge on any atom is -0.388 e. The monoisotopic (exact) mass is 359 g/mol. The van der Waals surface area contributed by atoms with Crippen LogP contribution >= 0.6 is 27.5 Å². The van der Waals surface area contributed by atoms with Gasteiger partial charge >= 0.3 is 0 Å². The van der Waals surface area contributed by atoms with Gasteiger partial charge in [0, 0.05) is 22.1 Å².